The summed E-state index contributed by atoms with van der Waals surface area (Å²) in [5.74, 6) is 1.52. The van der Waals surface area contributed by atoms with E-state index in [1.54, 1.807) is 18.7 Å². The highest BCUT2D eigenvalue weighted by Gasteiger charge is 2.22. The van der Waals surface area contributed by atoms with E-state index in [-0.39, 0.29) is 16.0 Å². The number of thioether (sulfide) groups is 1. The molecule has 0 amide bonds. The zero-order valence-electron chi connectivity index (χ0n) is 11.0. The zero-order valence-corrected chi connectivity index (χ0v) is 13.4. The van der Waals surface area contributed by atoms with Crippen LogP contribution < -0.4 is 4.72 Å². The molecular formula is C11H15ClN2O4S2. The second-order valence-corrected chi connectivity index (χ2v) is 7.49. The van der Waals surface area contributed by atoms with Gasteiger partial charge in [-0.05, 0) is 24.8 Å². The van der Waals surface area contributed by atoms with Crippen LogP contribution in [0.1, 0.15) is 13.8 Å². The van der Waals surface area contributed by atoms with E-state index in [1.807, 2.05) is 6.92 Å². The Kier molecular flexibility index (Phi) is 6.25. The molecule has 0 aromatic heterocycles. The van der Waals surface area contributed by atoms with E-state index in [0.29, 0.717) is 5.75 Å². The standard InChI is InChI=1S/C11H15ClN2O4S2/c1-3-19-7-8(2)13-20(17,18)9-4-5-10(12)11(6-9)14(15)16/h4-6,8,13H,3,7H2,1-2H3. The number of nitrogens with zero attached hydrogens (tertiary/aromatic N) is 1. The van der Waals surface area contributed by atoms with Crippen molar-refractivity contribution in [2.45, 2.75) is 24.8 Å². The monoisotopic (exact) mass is 338 g/mol. The summed E-state index contributed by atoms with van der Waals surface area (Å²) in [6.07, 6.45) is 0. The maximum absolute atomic E-state index is 12.1. The first-order valence-corrected chi connectivity index (χ1v) is 8.83. The summed E-state index contributed by atoms with van der Waals surface area (Å²) in [4.78, 5) is 9.89. The number of nitrogens with one attached hydrogen (secondary N) is 1. The molecule has 0 aliphatic rings. The molecule has 6 nitrogen and oxygen atoms in total. The van der Waals surface area contributed by atoms with Gasteiger partial charge < -0.3 is 0 Å². The van der Waals surface area contributed by atoms with Crippen LogP contribution in [0.3, 0.4) is 0 Å². The van der Waals surface area contributed by atoms with Crippen molar-refractivity contribution in [3.05, 3.63) is 33.3 Å². The van der Waals surface area contributed by atoms with Gasteiger partial charge in [-0.3, -0.25) is 10.1 Å². The summed E-state index contributed by atoms with van der Waals surface area (Å²) in [6, 6.07) is 3.15. The highest BCUT2D eigenvalue weighted by atomic mass is 35.5. The third-order valence-corrected chi connectivity index (χ3v) is 5.40. The summed E-state index contributed by atoms with van der Waals surface area (Å²) < 4.78 is 26.7. The molecule has 0 aliphatic heterocycles. The van der Waals surface area contributed by atoms with Crippen LogP contribution in [0.4, 0.5) is 5.69 Å². The van der Waals surface area contributed by atoms with Crippen molar-refractivity contribution in [2.75, 3.05) is 11.5 Å². The Morgan fingerprint density at radius 1 is 1.50 bits per heavy atom. The molecule has 0 aliphatic carbocycles. The lowest BCUT2D eigenvalue weighted by molar-refractivity contribution is -0.384. The number of rotatable bonds is 7. The number of halogens is 1. The second-order valence-electron chi connectivity index (χ2n) is 4.05. The van der Waals surface area contributed by atoms with E-state index in [2.05, 4.69) is 4.72 Å². The van der Waals surface area contributed by atoms with E-state index in [1.165, 1.54) is 12.1 Å². The van der Waals surface area contributed by atoms with E-state index in [9.17, 15) is 18.5 Å². The Balaban J connectivity index is 2.98. The zero-order chi connectivity index (χ0) is 15.3. The van der Waals surface area contributed by atoms with Crippen LogP contribution in [-0.4, -0.2) is 30.9 Å². The van der Waals surface area contributed by atoms with Crippen LogP contribution in [0.15, 0.2) is 23.1 Å². The van der Waals surface area contributed by atoms with Gasteiger partial charge in [-0.1, -0.05) is 18.5 Å². The second kappa shape index (κ2) is 7.26. The van der Waals surface area contributed by atoms with Gasteiger partial charge >= 0.3 is 0 Å². The maximum Gasteiger partial charge on any atom is 0.289 e. The van der Waals surface area contributed by atoms with Crippen LogP contribution in [0.2, 0.25) is 5.02 Å². The van der Waals surface area contributed by atoms with Gasteiger partial charge in [0, 0.05) is 17.9 Å². The van der Waals surface area contributed by atoms with Gasteiger partial charge in [0.2, 0.25) is 10.0 Å². The molecular weight excluding hydrogens is 324 g/mol. The Labute approximate surface area is 127 Å². The van der Waals surface area contributed by atoms with Crippen LogP contribution in [0.25, 0.3) is 0 Å². The molecule has 1 aromatic carbocycles. The van der Waals surface area contributed by atoms with Gasteiger partial charge in [-0.25, -0.2) is 13.1 Å². The van der Waals surface area contributed by atoms with Gasteiger partial charge in [0.1, 0.15) is 5.02 Å². The number of benzene rings is 1. The van der Waals surface area contributed by atoms with Crippen LogP contribution >= 0.6 is 23.4 Å². The first-order chi connectivity index (χ1) is 9.27. The molecule has 1 N–H and O–H groups in total. The first-order valence-electron chi connectivity index (χ1n) is 5.82. The van der Waals surface area contributed by atoms with Crippen molar-refractivity contribution in [1.29, 1.82) is 0 Å². The fourth-order valence-corrected chi connectivity index (χ4v) is 3.69. The predicted octanol–water partition coefficient (Wildman–Crippen LogP) is 2.67. The minimum absolute atomic E-state index is 0.0939. The summed E-state index contributed by atoms with van der Waals surface area (Å²) >= 11 is 7.26. The normalized spacial score (nSPS) is 13.2. The van der Waals surface area contributed by atoms with Crippen LogP contribution in [0, 0.1) is 10.1 Å². The van der Waals surface area contributed by atoms with E-state index in [4.69, 9.17) is 11.6 Å². The number of nitro groups is 1. The highest BCUT2D eigenvalue weighted by Crippen LogP contribution is 2.27. The Hall–Kier alpha value is -0.830. The number of nitro benzene ring substituents is 1. The molecule has 0 saturated carbocycles. The minimum atomic E-state index is -3.79. The molecule has 1 rings (SSSR count). The Morgan fingerprint density at radius 3 is 2.70 bits per heavy atom. The fourth-order valence-electron chi connectivity index (χ4n) is 1.46. The van der Waals surface area contributed by atoms with Crippen LogP contribution in [0.5, 0.6) is 0 Å². The molecule has 0 radical (unpaired) electrons. The molecule has 112 valence electrons. The van der Waals surface area contributed by atoms with E-state index in [0.717, 1.165) is 11.8 Å². The summed E-state index contributed by atoms with van der Waals surface area (Å²) in [5.41, 5.74) is -0.426. The van der Waals surface area contributed by atoms with Crippen LogP contribution in [-0.2, 0) is 10.0 Å². The lowest BCUT2D eigenvalue weighted by atomic mass is 10.3. The average Bonchev–Trinajstić information content (AvgIpc) is 2.35. The number of hydrogen-bond donors (Lipinski definition) is 1. The van der Waals surface area contributed by atoms with Crippen molar-refractivity contribution in [2.24, 2.45) is 0 Å². The topological polar surface area (TPSA) is 89.3 Å². The average molecular weight is 339 g/mol. The predicted molar refractivity (Wildman–Crippen MR) is 80.9 cm³/mol. The number of sulfonamides is 1. The Morgan fingerprint density at radius 2 is 2.15 bits per heavy atom. The molecule has 20 heavy (non-hydrogen) atoms. The smallest absolute Gasteiger partial charge is 0.258 e. The van der Waals surface area contributed by atoms with Crippen molar-refractivity contribution >= 4 is 39.1 Å². The van der Waals surface area contributed by atoms with Crippen molar-refractivity contribution in [1.82, 2.24) is 4.72 Å². The lowest BCUT2D eigenvalue weighted by Gasteiger charge is -2.13. The third-order valence-electron chi connectivity index (χ3n) is 2.35. The molecule has 0 bridgehead atoms. The molecule has 0 fully saturated rings. The summed E-state index contributed by atoms with van der Waals surface area (Å²) in [5, 5.41) is 10.7. The molecule has 1 aromatic rings. The lowest BCUT2D eigenvalue weighted by Crippen LogP contribution is -2.34. The maximum atomic E-state index is 12.1. The third kappa shape index (κ3) is 4.62. The summed E-state index contributed by atoms with van der Waals surface area (Å²) in [7, 11) is -3.79. The van der Waals surface area contributed by atoms with E-state index < -0.39 is 20.6 Å². The SMILES string of the molecule is CCSCC(C)NS(=O)(=O)c1ccc(Cl)c([N+](=O)[O-])c1. The van der Waals surface area contributed by atoms with Crippen molar-refractivity contribution in [3.8, 4) is 0 Å². The number of hydrogen-bond acceptors (Lipinski definition) is 5. The minimum Gasteiger partial charge on any atom is -0.258 e. The Bertz CT molecular complexity index is 592. The van der Waals surface area contributed by atoms with Gasteiger partial charge in [-0.2, -0.15) is 11.8 Å². The van der Waals surface area contributed by atoms with Crippen molar-refractivity contribution < 1.29 is 13.3 Å². The van der Waals surface area contributed by atoms with Gasteiger partial charge in [-0.15, -0.1) is 0 Å². The molecule has 0 spiro atoms. The molecule has 1 unspecified atom stereocenters. The fraction of sp³-hybridized carbons (Fsp3) is 0.455. The molecule has 9 heteroatoms. The molecule has 0 saturated heterocycles. The van der Waals surface area contributed by atoms with Gasteiger partial charge in [0.25, 0.3) is 5.69 Å². The highest BCUT2D eigenvalue weighted by molar-refractivity contribution is 7.99. The van der Waals surface area contributed by atoms with E-state index >= 15 is 0 Å². The molecule has 0 heterocycles. The first kappa shape index (κ1) is 17.2. The quantitative estimate of drug-likeness (QED) is 0.609. The van der Waals surface area contributed by atoms with Crippen molar-refractivity contribution in [3.63, 3.8) is 0 Å². The van der Waals surface area contributed by atoms with Gasteiger partial charge in [0.05, 0.1) is 9.82 Å². The van der Waals surface area contributed by atoms with Gasteiger partial charge in [0.15, 0.2) is 0 Å². The summed E-state index contributed by atoms with van der Waals surface area (Å²) in [6.45, 7) is 3.72. The largest absolute Gasteiger partial charge is 0.289 e. The molecule has 1 atom stereocenters.